The lowest BCUT2D eigenvalue weighted by molar-refractivity contribution is 0.322. The van der Waals surface area contributed by atoms with Crippen LogP contribution in [-0.2, 0) is 5.41 Å². The van der Waals surface area contributed by atoms with Crippen LogP contribution in [0.5, 0.6) is 17.2 Å². The molecule has 2 N–H and O–H groups in total. The van der Waals surface area contributed by atoms with Gasteiger partial charge in [-0.1, -0.05) is 13.8 Å². The number of methoxy groups -OCH3 is 3. The molecule has 4 heteroatoms. The molecule has 0 aliphatic carbocycles. The van der Waals surface area contributed by atoms with Gasteiger partial charge in [0.1, 0.15) is 0 Å². The van der Waals surface area contributed by atoms with Crippen molar-refractivity contribution >= 4 is 0 Å². The fraction of sp³-hybridized carbons (Fsp3) is 0.571. The maximum atomic E-state index is 5.66. The van der Waals surface area contributed by atoms with Gasteiger partial charge in [0.05, 0.1) is 21.3 Å². The lowest BCUT2D eigenvalue weighted by Crippen LogP contribution is -2.21. The summed E-state index contributed by atoms with van der Waals surface area (Å²) in [5.41, 5.74) is 6.76. The predicted molar refractivity (Wildman–Crippen MR) is 72.8 cm³/mol. The van der Waals surface area contributed by atoms with Crippen LogP contribution in [0.15, 0.2) is 12.1 Å². The van der Waals surface area contributed by atoms with Crippen LogP contribution in [0.3, 0.4) is 0 Å². The number of ether oxygens (including phenoxy) is 3. The van der Waals surface area contributed by atoms with Crippen LogP contribution in [0.25, 0.3) is 0 Å². The Hall–Kier alpha value is -1.42. The first kappa shape index (κ1) is 14.6. The fourth-order valence-electron chi connectivity index (χ4n) is 1.98. The van der Waals surface area contributed by atoms with Crippen molar-refractivity contribution in [3.05, 3.63) is 17.7 Å². The third kappa shape index (κ3) is 2.88. The van der Waals surface area contributed by atoms with E-state index in [-0.39, 0.29) is 5.41 Å². The van der Waals surface area contributed by atoms with E-state index in [1.165, 1.54) is 0 Å². The summed E-state index contributed by atoms with van der Waals surface area (Å²) in [4.78, 5) is 0. The molecule has 0 aliphatic rings. The first-order valence-electron chi connectivity index (χ1n) is 6.00. The molecule has 0 heterocycles. The predicted octanol–water partition coefficient (Wildman–Crippen LogP) is 2.34. The summed E-state index contributed by atoms with van der Waals surface area (Å²) in [5.74, 6) is 1.97. The van der Waals surface area contributed by atoms with E-state index < -0.39 is 0 Å². The van der Waals surface area contributed by atoms with Crippen LogP contribution in [0.2, 0.25) is 0 Å². The summed E-state index contributed by atoms with van der Waals surface area (Å²) in [6.45, 7) is 4.95. The molecule has 0 aliphatic heterocycles. The molecule has 0 aromatic heterocycles. The molecule has 0 bridgehead atoms. The third-order valence-electron chi connectivity index (χ3n) is 3.22. The van der Waals surface area contributed by atoms with Gasteiger partial charge in [-0.3, -0.25) is 0 Å². The lowest BCUT2D eigenvalue weighted by Gasteiger charge is -2.26. The summed E-state index contributed by atoms with van der Waals surface area (Å²) in [6.07, 6.45) is 0.894. The van der Waals surface area contributed by atoms with E-state index in [4.69, 9.17) is 19.9 Å². The van der Waals surface area contributed by atoms with Gasteiger partial charge in [0.25, 0.3) is 0 Å². The molecule has 1 aromatic carbocycles. The Kier molecular flexibility index (Phi) is 4.84. The van der Waals surface area contributed by atoms with Gasteiger partial charge in [-0.05, 0) is 36.1 Å². The second-order valence-electron chi connectivity index (χ2n) is 4.84. The zero-order chi connectivity index (χ0) is 13.8. The highest BCUT2D eigenvalue weighted by Gasteiger charge is 2.24. The average Bonchev–Trinajstić information content (AvgIpc) is 2.36. The van der Waals surface area contributed by atoms with Crippen molar-refractivity contribution in [3.8, 4) is 17.2 Å². The van der Waals surface area contributed by atoms with E-state index in [1.807, 2.05) is 12.1 Å². The van der Waals surface area contributed by atoms with E-state index in [0.29, 0.717) is 23.8 Å². The Labute approximate surface area is 109 Å². The van der Waals surface area contributed by atoms with Crippen molar-refractivity contribution in [2.75, 3.05) is 27.9 Å². The Bertz CT molecular complexity index is 377. The van der Waals surface area contributed by atoms with Gasteiger partial charge in [-0.15, -0.1) is 0 Å². The summed E-state index contributed by atoms with van der Waals surface area (Å²) in [6, 6.07) is 3.97. The van der Waals surface area contributed by atoms with Gasteiger partial charge in [0.2, 0.25) is 5.75 Å². The Morgan fingerprint density at radius 3 is 1.83 bits per heavy atom. The van der Waals surface area contributed by atoms with E-state index in [1.54, 1.807) is 21.3 Å². The Morgan fingerprint density at radius 1 is 1.00 bits per heavy atom. The van der Waals surface area contributed by atoms with Crippen LogP contribution in [-0.4, -0.2) is 27.9 Å². The maximum Gasteiger partial charge on any atom is 0.203 e. The molecule has 0 spiro atoms. The highest BCUT2D eigenvalue weighted by atomic mass is 16.5. The highest BCUT2D eigenvalue weighted by Crippen LogP contribution is 2.41. The van der Waals surface area contributed by atoms with Crippen LogP contribution >= 0.6 is 0 Å². The molecule has 0 saturated carbocycles. The SMILES string of the molecule is COc1cc(C(C)(C)CCN)cc(OC)c1OC. The van der Waals surface area contributed by atoms with E-state index in [2.05, 4.69) is 13.8 Å². The molecule has 18 heavy (non-hydrogen) atoms. The fourth-order valence-corrected chi connectivity index (χ4v) is 1.98. The quantitative estimate of drug-likeness (QED) is 0.845. The van der Waals surface area contributed by atoms with Crippen molar-refractivity contribution < 1.29 is 14.2 Å². The molecule has 102 valence electrons. The van der Waals surface area contributed by atoms with Crippen molar-refractivity contribution in [1.82, 2.24) is 0 Å². The normalized spacial score (nSPS) is 11.2. The highest BCUT2D eigenvalue weighted by molar-refractivity contribution is 5.55. The van der Waals surface area contributed by atoms with Gasteiger partial charge in [0, 0.05) is 0 Å². The first-order chi connectivity index (χ1) is 8.50. The van der Waals surface area contributed by atoms with Gasteiger partial charge in [0.15, 0.2) is 11.5 Å². The third-order valence-corrected chi connectivity index (χ3v) is 3.22. The molecule has 1 rings (SSSR count). The molecule has 0 amide bonds. The Morgan fingerprint density at radius 2 is 1.50 bits per heavy atom. The van der Waals surface area contributed by atoms with Crippen molar-refractivity contribution in [3.63, 3.8) is 0 Å². The largest absolute Gasteiger partial charge is 0.493 e. The summed E-state index contributed by atoms with van der Waals surface area (Å²) in [5, 5.41) is 0. The van der Waals surface area contributed by atoms with E-state index in [0.717, 1.165) is 12.0 Å². The minimum Gasteiger partial charge on any atom is -0.493 e. The molecule has 1 aromatic rings. The van der Waals surface area contributed by atoms with Gasteiger partial charge in [-0.2, -0.15) is 0 Å². The van der Waals surface area contributed by atoms with E-state index in [9.17, 15) is 0 Å². The first-order valence-corrected chi connectivity index (χ1v) is 6.00. The summed E-state index contributed by atoms with van der Waals surface area (Å²) >= 11 is 0. The summed E-state index contributed by atoms with van der Waals surface area (Å²) < 4.78 is 16.0. The minimum absolute atomic E-state index is 0.0262. The number of hydrogen-bond donors (Lipinski definition) is 1. The molecular formula is C14H23NO3. The van der Waals surface area contributed by atoms with Crippen LogP contribution < -0.4 is 19.9 Å². The standard InChI is InChI=1S/C14H23NO3/c1-14(2,6-7-15)10-8-11(16-3)13(18-5)12(9-10)17-4/h8-9H,6-7,15H2,1-5H3. The molecule has 0 radical (unpaired) electrons. The second-order valence-corrected chi connectivity index (χ2v) is 4.84. The minimum atomic E-state index is -0.0262. The smallest absolute Gasteiger partial charge is 0.203 e. The van der Waals surface area contributed by atoms with Gasteiger partial charge < -0.3 is 19.9 Å². The summed E-state index contributed by atoms with van der Waals surface area (Å²) in [7, 11) is 4.85. The Balaban J connectivity index is 3.31. The van der Waals surface area contributed by atoms with Crippen molar-refractivity contribution in [1.29, 1.82) is 0 Å². The second kappa shape index (κ2) is 5.96. The maximum absolute atomic E-state index is 5.66. The monoisotopic (exact) mass is 253 g/mol. The van der Waals surface area contributed by atoms with Crippen LogP contribution in [0.4, 0.5) is 0 Å². The number of nitrogens with two attached hydrogens (primary N) is 1. The van der Waals surface area contributed by atoms with Crippen LogP contribution in [0.1, 0.15) is 25.8 Å². The van der Waals surface area contributed by atoms with Gasteiger partial charge in [-0.25, -0.2) is 0 Å². The average molecular weight is 253 g/mol. The zero-order valence-corrected chi connectivity index (χ0v) is 11.9. The van der Waals surface area contributed by atoms with Crippen molar-refractivity contribution in [2.24, 2.45) is 5.73 Å². The lowest BCUT2D eigenvalue weighted by atomic mass is 9.81. The molecule has 0 unspecified atom stereocenters. The van der Waals surface area contributed by atoms with E-state index >= 15 is 0 Å². The van der Waals surface area contributed by atoms with Gasteiger partial charge >= 0.3 is 0 Å². The molecule has 0 saturated heterocycles. The molecular weight excluding hydrogens is 230 g/mol. The number of rotatable bonds is 6. The molecule has 0 atom stereocenters. The topological polar surface area (TPSA) is 53.7 Å². The van der Waals surface area contributed by atoms with Crippen LogP contribution in [0, 0.1) is 0 Å². The van der Waals surface area contributed by atoms with Crippen molar-refractivity contribution in [2.45, 2.75) is 25.7 Å². The number of benzene rings is 1. The molecule has 0 fully saturated rings. The molecule has 4 nitrogen and oxygen atoms in total. The number of hydrogen-bond acceptors (Lipinski definition) is 4. The zero-order valence-electron chi connectivity index (χ0n) is 11.9.